The van der Waals surface area contributed by atoms with Gasteiger partial charge >= 0.3 is 0 Å². The molecule has 1 spiro atoms. The van der Waals surface area contributed by atoms with Crippen LogP contribution in [0.15, 0.2) is 29.6 Å². The number of benzene rings is 1. The summed E-state index contributed by atoms with van der Waals surface area (Å²) < 4.78 is 6.73. The fourth-order valence-electron chi connectivity index (χ4n) is 4.75. The molecule has 2 fully saturated rings. The molecule has 0 bridgehead atoms. The number of rotatable bonds is 4. The highest BCUT2D eigenvalue weighted by Crippen LogP contribution is 2.43. The standard InChI is InChI=1S/C20H26N2O2S/c1-21-10-16(11-24-2)20(13-21)7-8-22(14-20)19(23)9-15-12-25-18-6-4-3-5-17(15)18/h3-6,12,16H,7-11,13-14H2,1-2H3/t16-,20-/m0/s1. The van der Waals surface area contributed by atoms with E-state index in [1.807, 2.05) is 0 Å². The SMILES string of the molecule is COC[C@@H]1CN(C)C[C@]12CCN(C(=O)Cc1csc3ccccc13)C2. The van der Waals surface area contributed by atoms with E-state index < -0.39 is 0 Å². The van der Waals surface area contributed by atoms with Crippen LogP contribution in [-0.2, 0) is 16.0 Å². The average molecular weight is 359 g/mol. The molecule has 0 aliphatic carbocycles. The molecule has 2 atom stereocenters. The topological polar surface area (TPSA) is 32.8 Å². The van der Waals surface area contributed by atoms with Crippen LogP contribution in [0.1, 0.15) is 12.0 Å². The molecule has 25 heavy (non-hydrogen) atoms. The van der Waals surface area contributed by atoms with Crippen molar-refractivity contribution in [3.63, 3.8) is 0 Å². The quantitative estimate of drug-likeness (QED) is 0.843. The van der Waals surface area contributed by atoms with Crippen LogP contribution in [0.4, 0.5) is 0 Å². The number of ether oxygens (including phenoxy) is 1. The summed E-state index contributed by atoms with van der Waals surface area (Å²) in [4.78, 5) is 17.4. The molecular formula is C20H26N2O2S. The maximum Gasteiger partial charge on any atom is 0.227 e. The van der Waals surface area contributed by atoms with Crippen LogP contribution in [0.3, 0.4) is 0 Å². The normalized spacial score (nSPS) is 27.0. The Hall–Kier alpha value is -1.43. The minimum absolute atomic E-state index is 0.219. The van der Waals surface area contributed by atoms with E-state index in [1.165, 1.54) is 15.6 Å². The first kappa shape index (κ1) is 17.0. The number of carbonyl (C=O) groups excluding carboxylic acids is 1. The average Bonchev–Trinajstić information content (AvgIpc) is 3.28. The Morgan fingerprint density at radius 1 is 1.36 bits per heavy atom. The number of hydrogen-bond acceptors (Lipinski definition) is 4. The van der Waals surface area contributed by atoms with Gasteiger partial charge in [0.15, 0.2) is 0 Å². The van der Waals surface area contributed by atoms with Gasteiger partial charge in [0.25, 0.3) is 0 Å². The molecule has 1 amide bonds. The third-order valence-electron chi connectivity index (χ3n) is 5.99. The first-order chi connectivity index (χ1) is 12.1. The first-order valence-corrected chi connectivity index (χ1v) is 9.90. The van der Waals surface area contributed by atoms with Crippen molar-refractivity contribution in [3.8, 4) is 0 Å². The number of methoxy groups -OCH3 is 1. The van der Waals surface area contributed by atoms with Crippen molar-refractivity contribution in [3.05, 3.63) is 35.2 Å². The van der Waals surface area contributed by atoms with Crippen molar-refractivity contribution in [1.29, 1.82) is 0 Å². The highest BCUT2D eigenvalue weighted by molar-refractivity contribution is 7.17. The van der Waals surface area contributed by atoms with Crippen molar-refractivity contribution in [2.75, 3.05) is 46.9 Å². The van der Waals surface area contributed by atoms with Gasteiger partial charge in [-0.3, -0.25) is 4.79 Å². The number of amides is 1. The summed E-state index contributed by atoms with van der Waals surface area (Å²) in [6.45, 7) is 4.71. The molecule has 2 aromatic rings. The zero-order chi connectivity index (χ0) is 17.4. The van der Waals surface area contributed by atoms with Gasteiger partial charge in [0, 0.05) is 49.3 Å². The molecule has 2 aliphatic rings. The molecule has 4 nitrogen and oxygen atoms in total. The molecule has 1 aromatic carbocycles. The molecule has 0 N–H and O–H groups in total. The Kier molecular flexibility index (Phi) is 4.56. The summed E-state index contributed by atoms with van der Waals surface area (Å²) in [5.41, 5.74) is 1.39. The molecule has 2 saturated heterocycles. The fourth-order valence-corrected chi connectivity index (χ4v) is 5.71. The number of thiophene rings is 1. The highest BCUT2D eigenvalue weighted by atomic mass is 32.1. The van der Waals surface area contributed by atoms with E-state index in [2.05, 4.69) is 46.5 Å². The minimum Gasteiger partial charge on any atom is -0.384 e. The fraction of sp³-hybridized carbons (Fsp3) is 0.550. The van der Waals surface area contributed by atoms with Crippen molar-refractivity contribution in [1.82, 2.24) is 9.80 Å². The Morgan fingerprint density at radius 2 is 2.20 bits per heavy atom. The maximum absolute atomic E-state index is 12.9. The van der Waals surface area contributed by atoms with E-state index >= 15 is 0 Å². The summed E-state index contributed by atoms with van der Waals surface area (Å²) >= 11 is 1.73. The first-order valence-electron chi connectivity index (χ1n) is 9.02. The van der Waals surface area contributed by atoms with E-state index in [0.717, 1.165) is 39.2 Å². The molecule has 3 heterocycles. The molecule has 0 saturated carbocycles. The van der Waals surface area contributed by atoms with Crippen molar-refractivity contribution >= 4 is 27.3 Å². The van der Waals surface area contributed by atoms with Crippen LogP contribution in [-0.4, -0.2) is 62.7 Å². The van der Waals surface area contributed by atoms with Gasteiger partial charge in [0.05, 0.1) is 13.0 Å². The molecule has 1 aromatic heterocycles. The lowest BCUT2D eigenvalue weighted by Gasteiger charge is -2.30. The Balaban J connectivity index is 1.47. The third kappa shape index (κ3) is 3.09. The van der Waals surface area contributed by atoms with Crippen LogP contribution < -0.4 is 0 Å². The number of likely N-dealkylation sites (tertiary alicyclic amines) is 2. The number of nitrogens with zero attached hydrogens (tertiary/aromatic N) is 2. The predicted octanol–water partition coefficient (Wildman–Crippen LogP) is 2.87. The van der Waals surface area contributed by atoms with Gasteiger partial charge in [0.1, 0.15) is 0 Å². The molecule has 5 heteroatoms. The number of fused-ring (bicyclic) bond motifs is 1. The van der Waals surface area contributed by atoms with Crippen LogP contribution >= 0.6 is 11.3 Å². The second kappa shape index (κ2) is 6.71. The lowest BCUT2D eigenvalue weighted by molar-refractivity contribution is -0.129. The summed E-state index contributed by atoms with van der Waals surface area (Å²) in [6, 6.07) is 8.36. The predicted molar refractivity (Wildman–Crippen MR) is 102 cm³/mol. The van der Waals surface area contributed by atoms with Crippen LogP contribution in [0.5, 0.6) is 0 Å². The van der Waals surface area contributed by atoms with Crippen LogP contribution in [0.25, 0.3) is 10.1 Å². The van der Waals surface area contributed by atoms with Gasteiger partial charge in [-0.2, -0.15) is 0 Å². The molecule has 4 rings (SSSR count). The number of carbonyl (C=O) groups is 1. The molecule has 2 aliphatic heterocycles. The van der Waals surface area contributed by atoms with E-state index in [9.17, 15) is 4.79 Å². The van der Waals surface area contributed by atoms with E-state index in [-0.39, 0.29) is 11.3 Å². The van der Waals surface area contributed by atoms with Crippen LogP contribution in [0, 0.1) is 11.3 Å². The molecular weight excluding hydrogens is 332 g/mol. The molecule has 134 valence electrons. The molecule has 0 unspecified atom stereocenters. The largest absolute Gasteiger partial charge is 0.384 e. The zero-order valence-corrected chi connectivity index (χ0v) is 15.8. The second-order valence-corrected chi connectivity index (χ2v) is 8.62. The molecule has 0 radical (unpaired) electrons. The Labute approximate surface area is 153 Å². The lowest BCUT2D eigenvalue weighted by Crippen LogP contribution is -2.38. The lowest BCUT2D eigenvalue weighted by atomic mass is 9.77. The summed E-state index contributed by atoms with van der Waals surface area (Å²) in [5, 5.41) is 3.37. The second-order valence-electron chi connectivity index (χ2n) is 7.71. The van der Waals surface area contributed by atoms with E-state index in [1.54, 1.807) is 18.4 Å². The van der Waals surface area contributed by atoms with Gasteiger partial charge in [-0.15, -0.1) is 11.3 Å². The Bertz CT molecular complexity index is 774. The van der Waals surface area contributed by atoms with Crippen LogP contribution in [0.2, 0.25) is 0 Å². The van der Waals surface area contributed by atoms with Gasteiger partial charge in [0.2, 0.25) is 5.91 Å². The minimum atomic E-state index is 0.219. The Morgan fingerprint density at radius 3 is 3.04 bits per heavy atom. The monoisotopic (exact) mass is 358 g/mol. The maximum atomic E-state index is 12.9. The van der Waals surface area contributed by atoms with Gasteiger partial charge < -0.3 is 14.5 Å². The van der Waals surface area contributed by atoms with E-state index in [0.29, 0.717) is 12.3 Å². The van der Waals surface area contributed by atoms with Gasteiger partial charge in [-0.25, -0.2) is 0 Å². The summed E-state index contributed by atoms with van der Waals surface area (Å²) in [5.74, 6) is 0.799. The summed E-state index contributed by atoms with van der Waals surface area (Å²) in [7, 11) is 3.96. The highest BCUT2D eigenvalue weighted by Gasteiger charge is 2.50. The number of hydrogen-bond donors (Lipinski definition) is 0. The van der Waals surface area contributed by atoms with Crippen molar-refractivity contribution in [2.45, 2.75) is 12.8 Å². The summed E-state index contributed by atoms with van der Waals surface area (Å²) in [6.07, 6.45) is 1.62. The van der Waals surface area contributed by atoms with Gasteiger partial charge in [-0.05, 0) is 35.9 Å². The third-order valence-corrected chi connectivity index (χ3v) is 7.00. The van der Waals surface area contributed by atoms with Crippen molar-refractivity contribution in [2.24, 2.45) is 11.3 Å². The zero-order valence-electron chi connectivity index (χ0n) is 15.0. The smallest absolute Gasteiger partial charge is 0.227 e. The van der Waals surface area contributed by atoms with Gasteiger partial charge in [-0.1, -0.05) is 18.2 Å². The van der Waals surface area contributed by atoms with E-state index in [4.69, 9.17) is 4.74 Å². The van der Waals surface area contributed by atoms with Crippen molar-refractivity contribution < 1.29 is 9.53 Å².